The molecule has 0 saturated carbocycles. The number of nitrogens with zero attached hydrogens (tertiary/aromatic N) is 2. The maximum Gasteiger partial charge on any atom is 0.111 e. The second-order valence-electron chi connectivity index (χ2n) is 14.1. The Morgan fingerprint density at radius 2 is 1.00 bits per heavy atom. The summed E-state index contributed by atoms with van der Waals surface area (Å²) in [5.41, 5.74) is 9.39. The predicted molar refractivity (Wildman–Crippen MR) is 162 cm³/mol. The van der Waals surface area contributed by atoms with E-state index < -0.39 is 0 Å². The first-order valence-electron chi connectivity index (χ1n) is 13.9. The van der Waals surface area contributed by atoms with Gasteiger partial charge in [0.25, 0.3) is 0 Å². The van der Waals surface area contributed by atoms with Gasteiger partial charge in [-0.05, 0) is 117 Å². The maximum atomic E-state index is 11.6. The fourth-order valence-electron chi connectivity index (χ4n) is 6.62. The van der Waals surface area contributed by atoms with Gasteiger partial charge in [0.15, 0.2) is 0 Å². The second-order valence-corrected chi connectivity index (χ2v) is 14.5. The summed E-state index contributed by atoms with van der Waals surface area (Å²) in [6, 6.07) is 19.2. The fraction of sp³-hybridized carbons (Fsp3) is 0.471. The number of fused-ring (bicyclic) bond motifs is 2. The van der Waals surface area contributed by atoms with Crippen LogP contribution < -0.4 is 4.90 Å². The average molecular weight is 529 g/mol. The zero-order valence-corrected chi connectivity index (χ0v) is 25.0. The normalized spacial score (nSPS) is 20.2. The molecular weight excluding hydrogens is 488 g/mol. The minimum atomic E-state index is 0.0816. The molecule has 0 spiro atoms. The molecule has 0 aromatic heterocycles. The van der Waals surface area contributed by atoms with E-state index in [4.69, 9.17) is 11.6 Å². The summed E-state index contributed by atoms with van der Waals surface area (Å²) in [4.78, 5) is 13.8. The van der Waals surface area contributed by atoms with Crippen LogP contribution in [-0.2, 0) is 21.7 Å². The number of benzene rings is 3. The Hall–Kier alpha value is -2.65. The van der Waals surface area contributed by atoms with E-state index >= 15 is 0 Å². The molecule has 0 N–H and O–H groups in total. The molecule has 38 heavy (non-hydrogen) atoms. The van der Waals surface area contributed by atoms with Crippen LogP contribution in [0.2, 0.25) is 5.02 Å². The summed E-state index contributed by atoms with van der Waals surface area (Å²) in [5, 5.41) is 3.73. The molecule has 200 valence electrons. The third kappa shape index (κ3) is 4.57. The zero-order chi connectivity index (χ0) is 27.7. The van der Waals surface area contributed by atoms with Gasteiger partial charge in [0.05, 0.1) is 0 Å². The lowest BCUT2D eigenvalue weighted by atomic mass is 9.63. The van der Waals surface area contributed by atoms with Crippen LogP contribution in [0.4, 0.5) is 22.7 Å². The van der Waals surface area contributed by atoms with E-state index in [0.29, 0.717) is 10.7 Å². The highest BCUT2D eigenvalue weighted by Gasteiger charge is 2.39. The van der Waals surface area contributed by atoms with Gasteiger partial charge in [-0.3, -0.25) is 0 Å². The first-order chi connectivity index (χ1) is 17.6. The van der Waals surface area contributed by atoms with Gasteiger partial charge in [0, 0.05) is 22.1 Å². The van der Waals surface area contributed by atoms with E-state index in [0.717, 1.165) is 29.9 Å². The highest BCUT2D eigenvalue weighted by atomic mass is 35.5. The smallest absolute Gasteiger partial charge is 0.111 e. The third-order valence-electron chi connectivity index (χ3n) is 9.42. The van der Waals surface area contributed by atoms with Gasteiger partial charge in [-0.25, -0.2) is 0 Å². The van der Waals surface area contributed by atoms with Crippen LogP contribution in [-0.4, -0.2) is 0 Å². The van der Waals surface area contributed by atoms with Gasteiger partial charge >= 0.3 is 0 Å². The summed E-state index contributed by atoms with van der Waals surface area (Å²) in [5.74, 6) is 0. The number of rotatable bonds is 4. The largest absolute Gasteiger partial charge is 0.310 e. The topological polar surface area (TPSA) is 32.7 Å². The minimum absolute atomic E-state index is 0.0816. The number of halogens is 1. The van der Waals surface area contributed by atoms with Crippen molar-refractivity contribution in [2.75, 3.05) is 4.90 Å². The molecule has 0 bridgehead atoms. The first-order valence-corrected chi connectivity index (χ1v) is 14.3. The maximum absolute atomic E-state index is 11.6. The van der Waals surface area contributed by atoms with Crippen molar-refractivity contribution in [3.63, 3.8) is 0 Å². The van der Waals surface area contributed by atoms with Crippen molar-refractivity contribution in [3.05, 3.63) is 86.8 Å². The Balaban J connectivity index is 1.76. The van der Waals surface area contributed by atoms with Crippen LogP contribution in [0.5, 0.6) is 0 Å². The van der Waals surface area contributed by atoms with Crippen LogP contribution >= 0.6 is 11.6 Å². The van der Waals surface area contributed by atoms with Crippen LogP contribution in [0.3, 0.4) is 0 Å². The van der Waals surface area contributed by atoms with Gasteiger partial charge in [-0.2, -0.15) is 0 Å². The second kappa shape index (κ2) is 8.95. The molecule has 3 aromatic carbocycles. The van der Waals surface area contributed by atoms with Gasteiger partial charge in [-0.1, -0.05) is 79.1 Å². The molecule has 0 atom stereocenters. The van der Waals surface area contributed by atoms with E-state index in [2.05, 4.69) is 102 Å². The number of nitroso groups, excluding NO2 is 1. The van der Waals surface area contributed by atoms with Crippen molar-refractivity contribution in [2.45, 2.75) is 103 Å². The van der Waals surface area contributed by atoms with Crippen molar-refractivity contribution in [1.82, 2.24) is 0 Å². The molecule has 0 saturated heterocycles. The first kappa shape index (κ1) is 26.9. The Labute approximate surface area is 233 Å². The summed E-state index contributed by atoms with van der Waals surface area (Å²) in [7, 11) is 0. The Morgan fingerprint density at radius 1 is 0.579 bits per heavy atom. The molecule has 0 unspecified atom stereocenters. The van der Waals surface area contributed by atoms with E-state index in [1.807, 2.05) is 12.1 Å². The SMILES string of the molecule is CC1(C)CCC(C)(C)c2cc(N(c3cc(Cl)cc(N=O)c3)c3ccc4c(c3)C(C)(C)CCC4(C)C)ccc21. The molecule has 0 heterocycles. The molecule has 0 amide bonds. The zero-order valence-electron chi connectivity index (χ0n) is 24.2. The third-order valence-corrected chi connectivity index (χ3v) is 9.64. The number of hydrogen-bond acceptors (Lipinski definition) is 3. The molecule has 4 heteroatoms. The Bertz CT molecular complexity index is 1340. The van der Waals surface area contributed by atoms with Crippen LogP contribution in [0.25, 0.3) is 0 Å². The number of hydrogen-bond donors (Lipinski definition) is 0. The van der Waals surface area contributed by atoms with Crippen molar-refractivity contribution in [1.29, 1.82) is 0 Å². The molecule has 0 radical (unpaired) electrons. The van der Waals surface area contributed by atoms with Crippen molar-refractivity contribution in [3.8, 4) is 0 Å². The van der Waals surface area contributed by atoms with Crippen molar-refractivity contribution >= 4 is 34.4 Å². The quantitative estimate of drug-likeness (QED) is 0.315. The molecule has 5 rings (SSSR count). The van der Waals surface area contributed by atoms with Crippen LogP contribution in [0.1, 0.15) is 103 Å². The molecule has 3 aromatic rings. The van der Waals surface area contributed by atoms with E-state index in [1.165, 1.54) is 35.1 Å². The van der Waals surface area contributed by atoms with Gasteiger partial charge < -0.3 is 4.90 Å². The highest BCUT2D eigenvalue weighted by molar-refractivity contribution is 6.31. The molecule has 2 aliphatic carbocycles. The van der Waals surface area contributed by atoms with Gasteiger partial charge in [0.2, 0.25) is 0 Å². The van der Waals surface area contributed by atoms with E-state index in [1.54, 1.807) is 6.07 Å². The summed E-state index contributed by atoms with van der Waals surface area (Å²) >= 11 is 6.52. The average Bonchev–Trinajstić information content (AvgIpc) is 2.85. The van der Waals surface area contributed by atoms with Crippen LogP contribution in [0.15, 0.2) is 59.8 Å². The molecular formula is C34H41ClN2O. The Morgan fingerprint density at radius 3 is 1.42 bits per heavy atom. The van der Waals surface area contributed by atoms with E-state index in [9.17, 15) is 4.91 Å². The van der Waals surface area contributed by atoms with Gasteiger partial charge in [0.1, 0.15) is 5.69 Å². The lowest BCUT2D eigenvalue weighted by Crippen LogP contribution is -2.34. The van der Waals surface area contributed by atoms with Gasteiger partial charge in [-0.15, -0.1) is 4.91 Å². The minimum Gasteiger partial charge on any atom is -0.310 e. The monoisotopic (exact) mass is 528 g/mol. The summed E-state index contributed by atoms with van der Waals surface area (Å²) in [6.07, 6.45) is 4.65. The molecule has 0 aliphatic heterocycles. The lowest BCUT2D eigenvalue weighted by Gasteiger charge is -2.43. The molecule has 3 nitrogen and oxygen atoms in total. The molecule has 0 fully saturated rings. The van der Waals surface area contributed by atoms with Crippen molar-refractivity contribution < 1.29 is 0 Å². The number of anilines is 3. The summed E-state index contributed by atoms with van der Waals surface area (Å²) in [6.45, 7) is 18.8. The summed E-state index contributed by atoms with van der Waals surface area (Å²) < 4.78 is 0. The highest BCUT2D eigenvalue weighted by Crippen LogP contribution is 2.51. The molecule has 2 aliphatic rings. The lowest BCUT2D eigenvalue weighted by molar-refractivity contribution is 0.332. The van der Waals surface area contributed by atoms with Crippen LogP contribution in [0, 0.1) is 4.91 Å². The van der Waals surface area contributed by atoms with E-state index in [-0.39, 0.29) is 21.7 Å². The predicted octanol–water partition coefficient (Wildman–Crippen LogP) is 10.9. The fourth-order valence-corrected chi connectivity index (χ4v) is 6.84. The Kier molecular flexibility index (Phi) is 6.34. The standard InChI is InChI=1S/C34H41ClN2O/c1-31(2)13-15-33(5,6)29-20-24(9-11-27(29)31)37(26-18-22(35)17-23(19-26)36-38)25-10-12-28-30(21-25)34(7,8)16-14-32(28,3)4/h9-12,17-21H,13-16H2,1-8H3. The van der Waals surface area contributed by atoms with Crippen molar-refractivity contribution in [2.24, 2.45) is 5.18 Å².